The van der Waals surface area contributed by atoms with Gasteiger partial charge in [-0.1, -0.05) is 23.2 Å². The summed E-state index contributed by atoms with van der Waals surface area (Å²) in [5, 5.41) is 3.76. The van der Waals surface area contributed by atoms with Gasteiger partial charge >= 0.3 is 0 Å². The molecule has 0 radical (unpaired) electrons. The van der Waals surface area contributed by atoms with Crippen LogP contribution in [0.2, 0.25) is 10.0 Å². The Labute approximate surface area is 198 Å². The van der Waals surface area contributed by atoms with Crippen molar-refractivity contribution in [1.29, 1.82) is 0 Å². The monoisotopic (exact) mass is 481 g/mol. The summed E-state index contributed by atoms with van der Waals surface area (Å²) in [6.45, 7) is 1.00. The zero-order chi connectivity index (χ0) is 23.5. The number of Topliss-reactive ketones (excluding diaryl/α,β-unsaturated/α-hetero) is 1. The van der Waals surface area contributed by atoms with E-state index >= 15 is 0 Å². The molecule has 166 valence electrons. The first-order valence-corrected chi connectivity index (χ1v) is 10.6. The quantitative estimate of drug-likeness (QED) is 0.342. The van der Waals surface area contributed by atoms with Crippen LogP contribution < -0.4 is 15.5 Å². The Morgan fingerprint density at radius 2 is 1.61 bits per heavy atom. The lowest BCUT2D eigenvalue weighted by molar-refractivity contribution is -0.114. The van der Waals surface area contributed by atoms with Gasteiger partial charge in [0.2, 0.25) is 17.1 Å². The first-order valence-electron chi connectivity index (χ1n) is 9.88. The van der Waals surface area contributed by atoms with Crippen LogP contribution in [-0.4, -0.2) is 18.3 Å². The van der Waals surface area contributed by atoms with E-state index in [1.54, 1.807) is 60.7 Å². The number of rotatable bonds is 6. The van der Waals surface area contributed by atoms with Crippen LogP contribution in [0.15, 0.2) is 75.9 Å². The van der Waals surface area contributed by atoms with Crippen molar-refractivity contribution in [3.05, 3.63) is 92.6 Å². The number of ether oxygens (including phenoxy) is 1. The maximum atomic E-state index is 13.2. The van der Waals surface area contributed by atoms with Crippen LogP contribution in [0.1, 0.15) is 17.3 Å². The number of benzene rings is 3. The number of carbonyl (C=O) groups excluding carboxylic acids is 2. The summed E-state index contributed by atoms with van der Waals surface area (Å²) >= 11 is 12.0. The van der Waals surface area contributed by atoms with E-state index < -0.39 is 12.0 Å². The van der Waals surface area contributed by atoms with Crippen LogP contribution in [-0.2, 0) is 4.79 Å². The number of nitrogens with one attached hydrogen (secondary N) is 1. The molecule has 33 heavy (non-hydrogen) atoms. The largest absolute Gasteiger partial charge is 0.478 e. The summed E-state index contributed by atoms with van der Waals surface area (Å²) in [5.74, 6) is -0.483. The molecule has 4 rings (SSSR count). The van der Waals surface area contributed by atoms with Gasteiger partial charge in [-0.05, 0) is 66.7 Å². The molecule has 0 unspecified atom stereocenters. The minimum absolute atomic E-state index is 0.102. The summed E-state index contributed by atoms with van der Waals surface area (Å²) in [5.41, 5.74) is 1.39. The topological polar surface area (TPSA) is 85.6 Å². The average molecular weight is 482 g/mol. The van der Waals surface area contributed by atoms with Gasteiger partial charge in [0.05, 0.1) is 5.39 Å². The van der Waals surface area contributed by atoms with E-state index in [1.807, 2.05) is 0 Å². The van der Waals surface area contributed by atoms with Crippen LogP contribution in [0.4, 0.5) is 5.69 Å². The van der Waals surface area contributed by atoms with Crippen molar-refractivity contribution in [2.45, 2.75) is 6.92 Å². The van der Waals surface area contributed by atoms with Gasteiger partial charge in [-0.15, -0.1) is 0 Å². The molecule has 6 nitrogen and oxygen atoms in total. The fraction of sp³-hybridized carbons (Fsp3) is 0.0800. The third kappa shape index (κ3) is 5.08. The molecule has 1 amide bonds. The van der Waals surface area contributed by atoms with E-state index in [9.17, 15) is 14.4 Å². The Kier molecular flexibility index (Phi) is 6.49. The van der Waals surface area contributed by atoms with E-state index in [1.165, 1.54) is 13.0 Å². The Morgan fingerprint density at radius 3 is 2.27 bits per heavy atom. The first kappa shape index (κ1) is 22.6. The standard InChI is InChI=1S/C25H17Cl2NO5/c1-14(29)28-19-9-4-15(5-10-19)21(30)13-32-25-23(31)20-12-18(27)8-11-22(20)33-24(25)16-2-6-17(26)7-3-16/h2-12H,13H2,1H3,(H,28,29). The van der Waals surface area contributed by atoms with E-state index in [0.29, 0.717) is 32.4 Å². The second-order valence-electron chi connectivity index (χ2n) is 7.21. The lowest BCUT2D eigenvalue weighted by atomic mass is 10.1. The third-order valence-electron chi connectivity index (χ3n) is 4.79. The molecule has 0 bridgehead atoms. The van der Waals surface area contributed by atoms with Crippen molar-refractivity contribution in [2.75, 3.05) is 11.9 Å². The lowest BCUT2D eigenvalue weighted by Gasteiger charge is -2.12. The molecule has 0 aliphatic heterocycles. The number of anilines is 1. The maximum absolute atomic E-state index is 13.2. The predicted molar refractivity (Wildman–Crippen MR) is 129 cm³/mol. The molecular formula is C25H17Cl2NO5. The van der Waals surface area contributed by atoms with E-state index in [2.05, 4.69) is 5.32 Å². The molecule has 1 aromatic heterocycles. The number of carbonyl (C=O) groups is 2. The summed E-state index contributed by atoms with van der Waals surface area (Å²) in [7, 11) is 0. The molecule has 1 heterocycles. The Morgan fingerprint density at radius 1 is 0.939 bits per heavy atom. The fourth-order valence-corrected chi connectivity index (χ4v) is 3.53. The highest BCUT2D eigenvalue weighted by Crippen LogP contribution is 2.32. The van der Waals surface area contributed by atoms with Gasteiger partial charge in [0.1, 0.15) is 5.58 Å². The molecule has 1 N–H and O–H groups in total. The highest BCUT2D eigenvalue weighted by atomic mass is 35.5. The molecule has 0 atom stereocenters. The minimum atomic E-state index is -0.447. The summed E-state index contributed by atoms with van der Waals surface area (Å²) in [4.78, 5) is 37.1. The van der Waals surface area contributed by atoms with Crippen LogP contribution in [0.25, 0.3) is 22.3 Å². The molecule has 0 aliphatic rings. The molecule has 0 saturated heterocycles. The van der Waals surface area contributed by atoms with Crippen molar-refractivity contribution in [1.82, 2.24) is 0 Å². The van der Waals surface area contributed by atoms with Crippen molar-refractivity contribution < 1.29 is 18.7 Å². The van der Waals surface area contributed by atoms with Gasteiger partial charge in [-0.2, -0.15) is 0 Å². The minimum Gasteiger partial charge on any atom is -0.478 e. The highest BCUT2D eigenvalue weighted by molar-refractivity contribution is 6.31. The first-order chi connectivity index (χ1) is 15.8. The molecule has 3 aromatic carbocycles. The summed E-state index contributed by atoms with van der Waals surface area (Å²) < 4.78 is 11.7. The second kappa shape index (κ2) is 9.48. The van der Waals surface area contributed by atoms with Gasteiger partial charge < -0.3 is 14.5 Å². The third-order valence-corrected chi connectivity index (χ3v) is 5.28. The number of halogens is 2. The van der Waals surface area contributed by atoms with Crippen molar-refractivity contribution >= 4 is 51.5 Å². The Bertz CT molecular complexity index is 1410. The highest BCUT2D eigenvalue weighted by Gasteiger charge is 2.19. The van der Waals surface area contributed by atoms with E-state index in [-0.39, 0.29) is 28.6 Å². The maximum Gasteiger partial charge on any atom is 0.235 e. The Balaban J connectivity index is 1.68. The number of hydrogen-bond acceptors (Lipinski definition) is 5. The number of fused-ring (bicyclic) bond motifs is 1. The summed E-state index contributed by atoms with van der Waals surface area (Å²) in [6, 6.07) is 17.8. The van der Waals surface area contributed by atoms with Gasteiger partial charge in [0, 0.05) is 33.8 Å². The van der Waals surface area contributed by atoms with E-state index in [4.69, 9.17) is 32.4 Å². The molecule has 0 saturated carbocycles. The molecule has 0 fully saturated rings. The Hall–Kier alpha value is -3.61. The van der Waals surface area contributed by atoms with Crippen LogP contribution in [0.3, 0.4) is 0 Å². The smallest absolute Gasteiger partial charge is 0.235 e. The molecule has 8 heteroatoms. The van der Waals surface area contributed by atoms with Gasteiger partial charge in [-0.25, -0.2) is 0 Å². The number of amides is 1. The molecule has 0 aliphatic carbocycles. The van der Waals surface area contributed by atoms with Crippen molar-refractivity contribution in [2.24, 2.45) is 0 Å². The number of ketones is 1. The average Bonchev–Trinajstić information content (AvgIpc) is 2.79. The van der Waals surface area contributed by atoms with Crippen LogP contribution >= 0.6 is 23.2 Å². The molecule has 4 aromatic rings. The zero-order valence-electron chi connectivity index (χ0n) is 17.4. The van der Waals surface area contributed by atoms with Crippen LogP contribution in [0.5, 0.6) is 5.75 Å². The van der Waals surface area contributed by atoms with Crippen molar-refractivity contribution in [3.8, 4) is 17.1 Å². The van der Waals surface area contributed by atoms with Gasteiger partial charge in [-0.3, -0.25) is 14.4 Å². The van der Waals surface area contributed by atoms with Gasteiger partial charge in [0.15, 0.2) is 18.2 Å². The SMILES string of the molecule is CC(=O)Nc1ccc(C(=O)COc2c(-c3ccc(Cl)cc3)oc3ccc(Cl)cc3c2=O)cc1. The zero-order valence-corrected chi connectivity index (χ0v) is 18.9. The normalized spacial score (nSPS) is 10.8. The predicted octanol–water partition coefficient (Wildman–Crippen LogP) is 5.99. The van der Waals surface area contributed by atoms with Crippen molar-refractivity contribution in [3.63, 3.8) is 0 Å². The molecule has 0 spiro atoms. The van der Waals surface area contributed by atoms with E-state index in [0.717, 1.165) is 0 Å². The van der Waals surface area contributed by atoms with Gasteiger partial charge in [0.25, 0.3) is 0 Å². The summed E-state index contributed by atoms with van der Waals surface area (Å²) in [6.07, 6.45) is 0. The molecular weight excluding hydrogens is 465 g/mol. The second-order valence-corrected chi connectivity index (χ2v) is 8.08. The number of hydrogen-bond donors (Lipinski definition) is 1. The van der Waals surface area contributed by atoms with Crippen LogP contribution in [0, 0.1) is 0 Å². The fourth-order valence-electron chi connectivity index (χ4n) is 3.24. The lowest BCUT2D eigenvalue weighted by Crippen LogP contribution is -2.17.